The molecule has 0 unspecified atom stereocenters. The van der Waals surface area contributed by atoms with E-state index in [1.807, 2.05) is 62.4 Å². The molecule has 1 heterocycles. The molecule has 0 saturated carbocycles. The zero-order valence-electron chi connectivity index (χ0n) is 16.3. The lowest BCUT2D eigenvalue weighted by molar-refractivity contribution is -0.117. The van der Waals surface area contributed by atoms with Crippen LogP contribution in [-0.2, 0) is 11.4 Å². The Morgan fingerprint density at radius 2 is 1.79 bits per heavy atom. The molecule has 0 atom stereocenters. The quantitative estimate of drug-likeness (QED) is 0.493. The summed E-state index contributed by atoms with van der Waals surface area (Å²) in [4.78, 5) is 24.0. The van der Waals surface area contributed by atoms with Crippen molar-refractivity contribution in [2.45, 2.75) is 20.5 Å². The van der Waals surface area contributed by atoms with Gasteiger partial charge in [0.15, 0.2) is 5.76 Å². The van der Waals surface area contributed by atoms with E-state index in [1.54, 1.807) is 12.1 Å². The molecule has 29 heavy (non-hydrogen) atoms. The van der Waals surface area contributed by atoms with Crippen LogP contribution < -0.4 is 15.6 Å². The van der Waals surface area contributed by atoms with Crippen molar-refractivity contribution in [3.63, 3.8) is 0 Å². The molecule has 2 N–H and O–H groups in total. The van der Waals surface area contributed by atoms with Crippen LogP contribution in [0, 0.1) is 13.8 Å². The van der Waals surface area contributed by atoms with E-state index < -0.39 is 11.8 Å². The molecule has 2 aromatic carbocycles. The number of furan rings is 1. The number of hydrogen-bond acceptors (Lipinski definition) is 4. The van der Waals surface area contributed by atoms with Crippen molar-refractivity contribution in [2.75, 3.05) is 0 Å². The predicted molar refractivity (Wildman–Crippen MR) is 110 cm³/mol. The molecule has 1 aromatic heterocycles. The maximum absolute atomic E-state index is 12.1. The molecule has 6 heteroatoms. The Morgan fingerprint density at radius 3 is 2.55 bits per heavy atom. The molecule has 0 spiro atoms. The van der Waals surface area contributed by atoms with E-state index in [-0.39, 0.29) is 12.4 Å². The molecule has 0 aliphatic carbocycles. The Kier molecular flexibility index (Phi) is 6.47. The lowest BCUT2D eigenvalue weighted by atomic mass is 10.1. The number of para-hydroxylation sites is 1. The third kappa shape index (κ3) is 5.84. The highest BCUT2D eigenvalue weighted by Crippen LogP contribution is 2.14. The summed E-state index contributed by atoms with van der Waals surface area (Å²) in [6.45, 7) is 4.18. The molecule has 0 bridgehead atoms. The van der Waals surface area contributed by atoms with Gasteiger partial charge in [-0.2, -0.15) is 0 Å². The summed E-state index contributed by atoms with van der Waals surface area (Å²) in [7, 11) is 0. The van der Waals surface area contributed by atoms with E-state index in [9.17, 15) is 9.59 Å². The highest BCUT2D eigenvalue weighted by atomic mass is 16.5. The fourth-order valence-electron chi connectivity index (χ4n) is 2.65. The van der Waals surface area contributed by atoms with Crippen molar-refractivity contribution in [2.24, 2.45) is 0 Å². The summed E-state index contributed by atoms with van der Waals surface area (Å²) in [5, 5.41) is 0. The topological polar surface area (TPSA) is 80.6 Å². The zero-order valence-corrected chi connectivity index (χ0v) is 16.3. The van der Waals surface area contributed by atoms with Gasteiger partial charge in [0.1, 0.15) is 18.1 Å². The second kappa shape index (κ2) is 9.41. The fourth-order valence-corrected chi connectivity index (χ4v) is 2.65. The first-order valence-corrected chi connectivity index (χ1v) is 9.13. The van der Waals surface area contributed by atoms with Gasteiger partial charge in [0.05, 0.1) is 0 Å². The van der Waals surface area contributed by atoms with Crippen molar-refractivity contribution < 1.29 is 18.7 Å². The number of benzene rings is 2. The molecule has 2 amide bonds. The van der Waals surface area contributed by atoms with Crippen molar-refractivity contribution >= 4 is 17.9 Å². The van der Waals surface area contributed by atoms with Gasteiger partial charge in [-0.3, -0.25) is 20.4 Å². The molecule has 0 aliphatic heterocycles. The van der Waals surface area contributed by atoms with Gasteiger partial charge in [-0.25, -0.2) is 0 Å². The number of ether oxygens (including phenoxy) is 1. The smallest absolute Gasteiger partial charge is 0.305 e. The number of hydrogen-bond donors (Lipinski definition) is 2. The molecule has 3 rings (SSSR count). The highest BCUT2D eigenvalue weighted by molar-refractivity contribution is 5.96. The van der Waals surface area contributed by atoms with Crippen LogP contribution in [0.15, 0.2) is 71.2 Å². The third-order valence-electron chi connectivity index (χ3n) is 4.15. The second-order valence-corrected chi connectivity index (χ2v) is 6.50. The van der Waals surface area contributed by atoms with Crippen LogP contribution in [0.1, 0.15) is 33.0 Å². The summed E-state index contributed by atoms with van der Waals surface area (Å²) in [5.41, 5.74) is 7.81. The average molecular weight is 390 g/mol. The van der Waals surface area contributed by atoms with Crippen LogP contribution in [0.3, 0.4) is 0 Å². The van der Waals surface area contributed by atoms with Crippen LogP contribution >= 0.6 is 0 Å². The summed E-state index contributed by atoms with van der Waals surface area (Å²) >= 11 is 0. The van der Waals surface area contributed by atoms with Gasteiger partial charge in [0.25, 0.3) is 5.91 Å². The summed E-state index contributed by atoms with van der Waals surface area (Å²) in [5.74, 6) is 0.287. The van der Waals surface area contributed by atoms with E-state index in [2.05, 4.69) is 10.9 Å². The minimum absolute atomic E-state index is 0.0790. The lowest BCUT2D eigenvalue weighted by Crippen LogP contribution is -2.40. The minimum atomic E-state index is -0.552. The van der Waals surface area contributed by atoms with Crippen LogP contribution in [0.4, 0.5) is 0 Å². The first-order chi connectivity index (χ1) is 14.0. The molecule has 0 aliphatic rings. The van der Waals surface area contributed by atoms with Crippen molar-refractivity contribution in [3.05, 3.63) is 95.0 Å². The van der Waals surface area contributed by atoms with Crippen LogP contribution in [-0.4, -0.2) is 11.8 Å². The second-order valence-electron chi connectivity index (χ2n) is 6.50. The van der Waals surface area contributed by atoms with Gasteiger partial charge in [-0.05, 0) is 55.3 Å². The molecular weight excluding hydrogens is 368 g/mol. The van der Waals surface area contributed by atoms with Gasteiger partial charge in [0.2, 0.25) is 0 Å². The van der Waals surface area contributed by atoms with E-state index in [0.29, 0.717) is 11.5 Å². The van der Waals surface area contributed by atoms with Crippen LogP contribution in [0.25, 0.3) is 6.08 Å². The summed E-state index contributed by atoms with van der Waals surface area (Å²) < 4.78 is 11.0. The molecule has 0 fully saturated rings. The number of amides is 2. The largest absolute Gasteiger partial charge is 0.486 e. The van der Waals surface area contributed by atoms with Gasteiger partial charge in [-0.15, -0.1) is 0 Å². The van der Waals surface area contributed by atoms with Gasteiger partial charge in [-0.1, -0.05) is 42.0 Å². The zero-order chi connectivity index (χ0) is 20.6. The Bertz CT molecular complexity index is 1020. The van der Waals surface area contributed by atoms with Crippen LogP contribution in [0.5, 0.6) is 5.75 Å². The van der Waals surface area contributed by atoms with Crippen molar-refractivity contribution in [3.8, 4) is 5.75 Å². The summed E-state index contributed by atoms with van der Waals surface area (Å²) in [6.07, 6.45) is 3.06. The Hall–Kier alpha value is -3.80. The Balaban J connectivity index is 1.48. The number of nitrogens with one attached hydrogen (secondary N) is 2. The van der Waals surface area contributed by atoms with Gasteiger partial charge < -0.3 is 9.15 Å². The maximum atomic E-state index is 12.1. The highest BCUT2D eigenvalue weighted by Gasteiger charge is 2.12. The van der Waals surface area contributed by atoms with E-state index >= 15 is 0 Å². The fraction of sp³-hybridized carbons (Fsp3) is 0.130. The maximum Gasteiger partial charge on any atom is 0.305 e. The van der Waals surface area contributed by atoms with E-state index in [1.165, 1.54) is 12.1 Å². The van der Waals surface area contributed by atoms with E-state index in [0.717, 1.165) is 16.7 Å². The van der Waals surface area contributed by atoms with Gasteiger partial charge >= 0.3 is 5.91 Å². The SMILES string of the molecule is Cc1ccc(/C=C/C(=O)NNC(=O)c2ccc(COc3ccccc3)o2)c(C)c1. The molecule has 0 radical (unpaired) electrons. The average Bonchev–Trinajstić information content (AvgIpc) is 3.20. The molecule has 3 aromatic rings. The monoisotopic (exact) mass is 390 g/mol. The summed E-state index contributed by atoms with van der Waals surface area (Å²) in [6, 6.07) is 18.4. The number of aryl methyl sites for hydroxylation is 2. The molecule has 6 nitrogen and oxygen atoms in total. The van der Waals surface area contributed by atoms with E-state index in [4.69, 9.17) is 9.15 Å². The normalized spacial score (nSPS) is 10.7. The number of rotatable bonds is 6. The molecular formula is C23H22N2O4. The number of carbonyl (C=O) groups excluding carboxylic acids is 2. The predicted octanol–water partition coefficient (Wildman–Crippen LogP) is 3.95. The molecule has 0 saturated heterocycles. The first-order valence-electron chi connectivity index (χ1n) is 9.13. The Labute approximate surface area is 169 Å². The number of carbonyl (C=O) groups is 2. The van der Waals surface area contributed by atoms with Crippen LogP contribution in [0.2, 0.25) is 0 Å². The van der Waals surface area contributed by atoms with Crippen molar-refractivity contribution in [1.82, 2.24) is 10.9 Å². The standard InChI is InChI=1S/C23H22N2O4/c1-16-8-9-18(17(2)14-16)10-13-22(26)24-25-23(27)21-12-11-20(29-21)15-28-19-6-4-3-5-7-19/h3-14H,15H2,1-2H3,(H,24,26)(H,25,27)/b13-10+. The molecule has 148 valence electrons. The lowest BCUT2D eigenvalue weighted by Gasteiger charge is -2.05. The third-order valence-corrected chi connectivity index (χ3v) is 4.15. The minimum Gasteiger partial charge on any atom is -0.486 e. The Morgan fingerprint density at radius 1 is 1.00 bits per heavy atom. The number of hydrazine groups is 1. The van der Waals surface area contributed by atoms with Crippen molar-refractivity contribution in [1.29, 1.82) is 0 Å². The van der Waals surface area contributed by atoms with Gasteiger partial charge in [0, 0.05) is 6.08 Å². The first kappa shape index (κ1) is 19.9.